The van der Waals surface area contributed by atoms with Gasteiger partial charge in [0.15, 0.2) is 5.69 Å². The average molecular weight is 287 g/mol. The normalized spacial score (nSPS) is 14.7. The van der Waals surface area contributed by atoms with Gasteiger partial charge >= 0.3 is 0 Å². The van der Waals surface area contributed by atoms with Crippen LogP contribution in [0, 0.1) is 0 Å². The number of benzene rings is 1. The van der Waals surface area contributed by atoms with E-state index in [9.17, 15) is 9.90 Å². The first-order chi connectivity index (χ1) is 10.1. The predicted octanol–water partition coefficient (Wildman–Crippen LogP) is 0.400. The van der Waals surface area contributed by atoms with E-state index in [1.807, 2.05) is 0 Å². The van der Waals surface area contributed by atoms with E-state index < -0.39 is 0 Å². The third kappa shape index (κ3) is 2.87. The van der Waals surface area contributed by atoms with Crippen molar-refractivity contribution < 1.29 is 9.90 Å². The maximum absolute atomic E-state index is 12.3. The molecule has 2 N–H and O–H groups in total. The molecule has 7 heteroatoms. The number of hydrogen-bond donors (Lipinski definition) is 2. The number of nitrogens with one attached hydrogen (secondary N) is 1. The first-order valence-corrected chi connectivity index (χ1v) is 6.79. The van der Waals surface area contributed by atoms with E-state index in [-0.39, 0.29) is 11.7 Å². The summed E-state index contributed by atoms with van der Waals surface area (Å²) < 4.78 is 1.73. The molecule has 1 aromatic carbocycles. The number of nitrogens with zero attached hydrogens (tertiary/aromatic N) is 4. The molecule has 3 rings (SSSR count). The van der Waals surface area contributed by atoms with Crippen molar-refractivity contribution >= 4 is 5.91 Å². The fraction of sp³-hybridized carbons (Fsp3) is 0.357. The van der Waals surface area contributed by atoms with E-state index in [4.69, 9.17) is 0 Å². The Morgan fingerprint density at radius 3 is 2.76 bits per heavy atom. The van der Waals surface area contributed by atoms with E-state index in [0.29, 0.717) is 18.3 Å². The summed E-state index contributed by atoms with van der Waals surface area (Å²) in [5, 5.41) is 20.4. The van der Waals surface area contributed by atoms with Crippen LogP contribution in [0.15, 0.2) is 30.5 Å². The average Bonchev–Trinajstić information content (AvgIpc) is 2.87. The van der Waals surface area contributed by atoms with Crippen molar-refractivity contribution in [3.05, 3.63) is 41.7 Å². The summed E-state index contributed by atoms with van der Waals surface area (Å²) in [4.78, 5) is 13.9. The highest BCUT2D eigenvalue weighted by Crippen LogP contribution is 2.13. The van der Waals surface area contributed by atoms with Crippen LogP contribution >= 0.6 is 0 Å². The second kappa shape index (κ2) is 5.53. The Balaban J connectivity index is 1.66. The molecule has 1 saturated heterocycles. The molecule has 2 heterocycles. The lowest BCUT2D eigenvalue weighted by atomic mass is 10.2. The van der Waals surface area contributed by atoms with Gasteiger partial charge in [-0.25, -0.2) is 4.68 Å². The lowest BCUT2D eigenvalue weighted by molar-refractivity contribution is 0.0779. The predicted molar refractivity (Wildman–Crippen MR) is 75.8 cm³/mol. The van der Waals surface area contributed by atoms with Gasteiger partial charge in [-0.05, 0) is 17.7 Å². The zero-order valence-electron chi connectivity index (χ0n) is 11.7. The molecule has 0 bridgehead atoms. The monoisotopic (exact) mass is 287 g/mol. The van der Waals surface area contributed by atoms with Crippen molar-refractivity contribution in [1.29, 1.82) is 0 Å². The van der Waals surface area contributed by atoms with Crippen molar-refractivity contribution in [2.24, 2.45) is 0 Å². The molecule has 1 fully saturated rings. The molecule has 0 radical (unpaired) electrons. The zero-order chi connectivity index (χ0) is 14.8. The topological polar surface area (TPSA) is 83.3 Å². The zero-order valence-corrected chi connectivity index (χ0v) is 11.7. The summed E-state index contributed by atoms with van der Waals surface area (Å²) >= 11 is 0. The number of carbonyl (C=O) groups is 1. The number of rotatable bonds is 4. The van der Waals surface area contributed by atoms with Gasteiger partial charge in [0.1, 0.15) is 5.75 Å². The van der Waals surface area contributed by atoms with E-state index in [2.05, 4.69) is 15.6 Å². The number of aromatic nitrogens is 3. The molecule has 1 aliphatic rings. The van der Waals surface area contributed by atoms with Crippen LogP contribution < -0.4 is 5.32 Å². The molecular formula is C14H17N5O2. The second-order valence-corrected chi connectivity index (χ2v) is 5.22. The SMILES string of the molecule is CN(Cc1ccc(O)cc1)C(=O)c1cn(C2CNC2)nn1. The summed E-state index contributed by atoms with van der Waals surface area (Å²) in [6.07, 6.45) is 1.70. The minimum Gasteiger partial charge on any atom is -0.508 e. The van der Waals surface area contributed by atoms with Crippen LogP contribution in [-0.4, -0.2) is 51.0 Å². The third-order valence-corrected chi connectivity index (χ3v) is 3.57. The summed E-state index contributed by atoms with van der Waals surface area (Å²) in [5.41, 5.74) is 1.29. The maximum atomic E-state index is 12.3. The van der Waals surface area contributed by atoms with Gasteiger partial charge in [0, 0.05) is 26.7 Å². The van der Waals surface area contributed by atoms with Crippen LogP contribution in [-0.2, 0) is 6.54 Å². The van der Waals surface area contributed by atoms with Crippen molar-refractivity contribution in [3.8, 4) is 5.75 Å². The molecule has 1 aromatic heterocycles. The Hall–Kier alpha value is -2.41. The summed E-state index contributed by atoms with van der Waals surface area (Å²) in [6.45, 7) is 2.18. The number of carbonyl (C=O) groups excluding carboxylic acids is 1. The van der Waals surface area contributed by atoms with Crippen LogP contribution in [0.2, 0.25) is 0 Å². The quantitative estimate of drug-likeness (QED) is 0.850. The third-order valence-electron chi connectivity index (χ3n) is 3.57. The molecule has 7 nitrogen and oxygen atoms in total. The first kappa shape index (κ1) is 13.6. The van der Waals surface area contributed by atoms with E-state index in [1.54, 1.807) is 47.1 Å². The Kier molecular flexibility index (Phi) is 3.57. The van der Waals surface area contributed by atoms with Crippen molar-refractivity contribution in [2.45, 2.75) is 12.6 Å². The van der Waals surface area contributed by atoms with Crippen LogP contribution in [0.3, 0.4) is 0 Å². The molecule has 1 aliphatic heterocycles. The van der Waals surface area contributed by atoms with E-state index in [1.165, 1.54) is 0 Å². The maximum Gasteiger partial charge on any atom is 0.276 e. The van der Waals surface area contributed by atoms with Gasteiger partial charge in [-0.15, -0.1) is 5.10 Å². The summed E-state index contributed by atoms with van der Waals surface area (Å²) in [5.74, 6) is 0.0476. The van der Waals surface area contributed by atoms with Gasteiger partial charge < -0.3 is 15.3 Å². The molecule has 0 unspecified atom stereocenters. The molecule has 0 spiro atoms. The molecular weight excluding hydrogens is 270 g/mol. The van der Waals surface area contributed by atoms with Gasteiger partial charge in [-0.3, -0.25) is 4.79 Å². The lowest BCUT2D eigenvalue weighted by Crippen LogP contribution is -2.43. The van der Waals surface area contributed by atoms with Gasteiger partial charge in [-0.1, -0.05) is 17.3 Å². The van der Waals surface area contributed by atoms with Crippen molar-refractivity contribution in [1.82, 2.24) is 25.2 Å². The van der Waals surface area contributed by atoms with Crippen LogP contribution in [0.1, 0.15) is 22.1 Å². The van der Waals surface area contributed by atoms with Gasteiger partial charge in [0.2, 0.25) is 0 Å². The number of hydrogen-bond acceptors (Lipinski definition) is 5. The Morgan fingerprint density at radius 1 is 1.43 bits per heavy atom. The standard InChI is InChI=1S/C14H17N5O2/c1-18(8-10-2-4-12(20)5-3-10)14(21)13-9-19(17-16-13)11-6-15-7-11/h2-5,9,11,15,20H,6-8H2,1H3. The molecule has 110 valence electrons. The van der Waals surface area contributed by atoms with E-state index in [0.717, 1.165) is 18.7 Å². The van der Waals surface area contributed by atoms with E-state index >= 15 is 0 Å². The molecule has 0 aliphatic carbocycles. The molecule has 21 heavy (non-hydrogen) atoms. The number of phenols is 1. The smallest absolute Gasteiger partial charge is 0.276 e. The highest BCUT2D eigenvalue weighted by atomic mass is 16.3. The van der Waals surface area contributed by atoms with Crippen molar-refractivity contribution in [2.75, 3.05) is 20.1 Å². The number of amides is 1. The molecule has 0 atom stereocenters. The van der Waals surface area contributed by atoms with Gasteiger partial charge in [0.05, 0.1) is 12.2 Å². The highest BCUT2D eigenvalue weighted by Gasteiger charge is 2.22. The molecule has 1 amide bonds. The van der Waals surface area contributed by atoms with Gasteiger partial charge in [-0.2, -0.15) is 0 Å². The molecule has 2 aromatic rings. The minimum atomic E-state index is -0.165. The van der Waals surface area contributed by atoms with Gasteiger partial charge in [0.25, 0.3) is 5.91 Å². The summed E-state index contributed by atoms with van der Waals surface area (Å²) in [6, 6.07) is 7.08. The van der Waals surface area contributed by atoms with Crippen molar-refractivity contribution in [3.63, 3.8) is 0 Å². The Bertz CT molecular complexity index is 633. The van der Waals surface area contributed by atoms with Crippen LogP contribution in [0.25, 0.3) is 0 Å². The molecule has 0 saturated carbocycles. The number of aromatic hydroxyl groups is 1. The minimum absolute atomic E-state index is 0.165. The first-order valence-electron chi connectivity index (χ1n) is 6.79. The Morgan fingerprint density at radius 2 is 2.14 bits per heavy atom. The second-order valence-electron chi connectivity index (χ2n) is 5.22. The van der Waals surface area contributed by atoms with Crippen LogP contribution in [0.5, 0.6) is 5.75 Å². The fourth-order valence-electron chi connectivity index (χ4n) is 2.16. The fourth-order valence-corrected chi connectivity index (χ4v) is 2.16. The number of phenolic OH excluding ortho intramolecular Hbond substituents is 1. The Labute approximate surface area is 122 Å². The largest absolute Gasteiger partial charge is 0.508 e. The lowest BCUT2D eigenvalue weighted by Gasteiger charge is -2.26. The van der Waals surface area contributed by atoms with Crippen LogP contribution in [0.4, 0.5) is 0 Å². The summed E-state index contributed by atoms with van der Waals surface area (Å²) in [7, 11) is 1.72. The highest BCUT2D eigenvalue weighted by molar-refractivity contribution is 5.91.